The summed E-state index contributed by atoms with van der Waals surface area (Å²) in [5, 5.41) is 7.74. The van der Waals surface area contributed by atoms with Gasteiger partial charge >= 0.3 is 0 Å². The molecule has 8 nitrogen and oxygen atoms in total. The fourth-order valence-electron chi connectivity index (χ4n) is 5.31. The van der Waals surface area contributed by atoms with Crippen LogP contribution in [0.4, 0.5) is 0 Å². The summed E-state index contributed by atoms with van der Waals surface area (Å²) in [5.41, 5.74) is 3.52. The van der Waals surface area contributed by atoms with Crippen LogP contribution in [0.1, 0.15) is 71.8 Å². The molecule has 1 saturated heterocycles. The number of rotatable bonds is 5. The molecule has 0 saturated carbocycles. The molecule has 192 valence electrons. The lowest BCUT2D eigenvalue weighted by Gasteiger charge is -2.42. The second-order valence-corrected chi connectivity index (χ2v) is 10.7. The van der Waals surface area contributed by atoms with Crippen molar-refractivity contribution in [3.8, 4) is 0 Å². The zero-order chi connectivity index (χ0) is 26.2. The molecule has 37 heavy (non-hydrogen) atoms. The zero-order valence-corrected chi connectivity index (χ0v) is 22.0. The summed E-state index contributed by atoms with van der Waals surface area (Å²) in [6.07, 6.45) is 7.85. The van der Waals surface area contributed by atoms with Gasteiger partial charge in [-0.3, -0.25) is 24.2 Å². The van der Waals surface area contributed by atoms with Crippen molar-refractivity contribution in [3.63, 3.8) is 0 Å². The highest BCUT2D eigenvalue weighted by Crippen LogP contribution is 2.40. The minimum absolute atomic E-state index is 0.0641. The fourth-order valence-corrected chi connectivity index (χ4v) is 5.67. The van der Waals surface area contributed by atoms with Gasteiger partial charge in [-0.1, -0.05) is 36.4 Å². The summed E-state index contributed by atoms with van der Waals surface area (Å²) in [6.45, 7) is 6.81. The Kier molecular flexibility index (Phi) is 6.86. The summed E-state index contributed by atoms with van der Waals surface area (Å²) >= 11 is 7.01. The number of piperidine rings is 1. The highest BCUT2D eigenvalue weighted by Gasteiger charge is 2.46. The van der Waals surface area contributed by atoms with Crippen LogP contribution in [-0.2, 0) is 9.67 Å². The van der Waals surface area contributed by atoms with E-state index >= 15 is 0 Å². The third-order valence-electron chi connectivity index (χ3n) is 7.14. The molecule has 2 aromatic heterocycles. The predicted molar refractivity (Wildman–Crippen MR) is 142 cm³/mol. The average molecular weight is 519 g/mol. The van der Waals surface area contributed by atoms with Crippen molar-refractivity contribution in [1.82, 2.24) is 30.0 Å². The van der Waals surface area contributed by atoms with Crippen LogP contribution < -0.4 is 5.32 Å². The van der Waals surface area contributed by atoms with Crippen LogP contribution in [0.3, 0.4) is 0 Å². The van der Waals surface area contributed by atoms with Crippen LogP contribution in [0.5, 0.6) is 0 Å². The van der Waals surface area contributed by atoms with Crippen molar-refractivity contribution in [1.29, 1.82) is 0 Å². The third kappa shape index (κ3) is 4.78. The predicted octanol–water partition coefficient (Wildman–Crippen LogP) is 4.23. The van der Waals surface area contributed by atoms with Gasteiger partial charge in [0, 0.05) is 43.5 Å². The fraction of sp³-hybridized carbons (Fsp3) is 0.393. The van der Waals surface area contributed by atoms with Gasteiger partial charge in [0.25, 0.3) is 5.91 Å². The third-order valence-corrected chi connectivity index (χ3v) is 7.63. The van der Waals surface area contributed by atoms with Crippen LogP contribution in [0.15, 0.2) is 54.9 Å². The number of amides is 2. The van der Waals surface area contributed by atoms with Crippen molar-refractivity contribution in [2.75, 3.05) is 13.1 Å². The van der Waals surface area contributed by atoms with Crippen LogP contribution >= 0.6 is 11.6 Å². The largest absolute Gasteiger partial charge is 0.347 e. The minimum Gasteiger partial charge on any atom is -0.347 e. The van der Waals surface area contributed by atoms with E-state index in [1.165, 1.54) is 0 Å². The van der Waals surface area contributed by atoms with Gasteiger partial charge in [-0.2, -0.15) is 5.10 Å². The van der Waals surface area contributed by atoms with E-state index in [2.05, 4.69) is 20.4 Å². The molecule has 1 fully saturated rings. The number of hydrogen-bond acceptors (Lipinski definition) is 5. The van der Waals surface area contributed by atoms with Crippen molar-refractivity contribution < 1.29 is 9.59 Å². The second-order valence-electron chi connectivity index (χ2n) is 10.0. The van der Waals surface area contributed by atoms with Gasteiger partial charge < -0.3 is 10.2 Å². The Morgan fingerprint density at radius 2 is 1.92 bits per heavy atom. The number of carbonyl (C=O) groups excluding carboxylic acids is 2. The van der Waals surface area contributed by atoms with E-state index in [-0.39, 0.29) is 29.8 Å². The maximum atomic E-state index is 13.9. The molecule has 1 aliphatic heterocycles. The van der Waals surface area contributed by atoms with E-state index in [0.717, 1.165) is 11.3 Å². The molecule has 3 aromatic rings. The standard InChI is InChI=1S/C28H31ClN6O2/c1-18(2)35-24(16-19(3)33-35)26(36)32-22-11-15-34(17-21(22)20-8-5-4-6-9-20)27(37)28(29)12-7-10-23-25(28)31-14-13-30-23/h4-10,13-14,16,18,21-22H,11-12,15,17H2,1-3H3,(H,32,36)/t21-,22-,28?/m1/s1. The Balaban J connectivity index is 1.41. The number of fused-ring (bicyclic) bond motifs is 1. The number of allylic oxidation sites excluding steroid dienone is 1. The highest BCUT2D eigenvalue weighted by atomic mass is 35.5. The number of hydrogen-bond donors (Lipinski definition) is 1. The number of likely N-dealkylation sites (tertiary alicyclic amines) is 1. The lowest BCUT2D eigenvalue weighted by Crippen LogP contribution is -2.55. The molecule has 0 radical (unpaired) electrons. The number of aryl methyl sites for hydroxylation is 1. The lowest BCUT2D eigenvalue weighted by molar-refractivity contribution is -0.136. The minimum atomic E-state index is -1.29. The van der Waals surface area contributed by atoms with Gasteiger partial charge in [0.05, 0.1) is 17.1 Å². The van der Waals surface area contributed by atoms with Crippen LogP contribution in [0.2, 0.25) is 0 Å². The quantitative estimate of drug-likeness (QED) is 0.510. The molecule has 3 atom stereocenters. The number of nitrogens with one attached hydrogen (secondary N) is 1. The number of carbonyl (C=O) groups is 2. The van der Waals surface area contributed by atoms with Crippen molar-refractivity contribution in [3.05, 3.63) is 83.2 Å². The summed E-state index contributed by atoms with van der Waals surface area (Å²) in [7, 11) is 0. The number of nitrogens with zero attached hydrogens (tertiary/aromatic N) is 5. The summed E-state index contributed by atoms with van der Waals surface area (Å²) in [5.74, 6) is -0.435. The molecular formula is C28H31ClN6O2. The topological polar surface area (TPSA) is 93.0 Å². The molecule has 5 rings (SSSR count). The zero-order valence-electron chi connectivity index (χ0n) is 21.3. The van der Waals surface area contributed by atoms with Gasteiger partial charge in [0.1, 0.15) is 5.69 Å². The molecule has 1 N–H and O–H groups in total. The van der Waals surface area contributed by atoms with Gasteiger partial charge in [0.2, 0.25) is 5.91 Å². The maximum absolute atomic E-state index is 13.9. The Labute approximate surface area is 221 Å². The van der Waals surface area contributed by atoms with E-state index in [9.17, 15) is 9.59 Å². The normalized spacial score (nSPS) is 23.1. The first-order valence-corrected chi connectivity index (χ1v) is 13.0. The van der Waals surface area contributed by atoms with Crippen LogP contribution in [0.25, 0.3) is 6.08 Å². The Morgan fingerprint density at radius 3 is 2.68 bits per heavy atom. The number of aromatic nitrogens is 4. The van der Waals surface area contributed by atoms with Gasteiger partial charge in [-0.25, -0.2) is 0 Å². The molecule has 0 bridgehead atoms. The van der Waals surface area contributed by atoms with E-state index in [0.29, 0.717) is 43.0 Å². The monoisotopic (exact) mass is 518 g/mol. The Bertz CT molecular complexity index is 1340. The molecule has 1 aliphatic carbocycles. The lowest BCUT2D eigenvalue weighted by atomic mass is 9.84. The van der Waals surface area contributed by atoms with Gasteiger partial charge in [0.15, 0.2) is 4.87 Å². The summed E-state index contributed by atoms with van der Waals surface area (Å²) in [4.78, 5) is 36.5. The first kappa shape index (κ1) is 25.1. The highest BCUT2D eigenvalue weighted by molar-refractivity contribution is 6.35. The molecular weight excluding hydrogens is 488 g/mol. The first-order chi connectivity index (χ1) is 17.8. The van der Waals surface area contributed by atoms with Gasteiger partial charge in [-0.15, -0.1) is 11.6 Å². The smallest absolute Gasteiger partial charge is 0.269 e. The van der Waals surface area contributed by atoms with Crippen LogP contribution in [0, 0.1) is 6.92 Å². The molecule has 3 heterocycles. The Hall–Kier alpha value is -3.52. The van der Waals surface area contributed by atoms with E-state index in [4.69, 9.17) is 11.6 Å². The van der Waals surface area contributed by atoms with E-state index < -0.39 is 4.87 Å². The number of benzene rings is 1. The molecule has 9 heteroatoms. The Morgan fingerprint density at radius 1 is 1.16 bits per heavy atom. The van der Waals surface area contributed by atoms with E-state index in [1.807, 2.05) is 74.2 Å². The summed E-state index contributed by atoms with van der Waals surface area (Å²) < 4.78 is 1.76. The van der Waals surface area contributed by atoms with E-state index in [1.54, 1.807) is 17.1 Å². The van der Waals surface area contributed by atoms with Crippen molar-refractivity contribution in [2.45, 2.75) is 56.5 Å². The SMILES string of the molecule is Cc1cc(C(=O)N[C@@H]2CCN(C(=O)C3(Cl)CC=Cc4nccnc43)C[C@@H]2c2ccccc2)n(C(C)C)n1. The maximum Gasteiger partial charge on any atom is 0.269 e. The first-order valence-electron chi connectivity index (χ1n) is 12.7. The number of halogens is 1. The van der Waals surface area contributed by atoms with Crippen molar-refractivity contribution in [2.24, 2.45) is 0 Å². The second kappa shape index (κ2) is 10.1. The molecule has 1 aromatic carbocycles. The number of alkyl halides is 1. The molecule has 2 aliphatic rings. The summed E-state index contributed by atoms with van der Waals surface area (Å²) in [6, 6.07) is 11.7. The van der Waals surface area contributed by atoms with Gasteiger partial charge in [-0.05, 0) is 51.3 Å². The van der Waals surface area contributed by atoms with Crippen LogP contribution in [-0.4, -0.2) is 55.6 Å². The average Bonchev–Trinajstić information content (AvgIpc) is 3.31. The molecule has 2 amide bonds. The molecule has 1 unspecified atom stereocenters. The van der Waals surface area contributed by atoms with Crippen molar-refractivity contribution >= 4 is 29.5 Å². The molecule has 0 spiro atoms.